The Bertz CT molecular complexity index is 1740. The predicted octanol–water partition coefficient (Wildman–Crippen LogP) is 6.42. The Balaban J connectivity index is 1.13. The van der Waals surface area contributed by atoms with E-state index in [1.807, 2.05) is 43.9 Å². The summed E-state index contributed by atoms with van der Waals surface area (Å²) in [5.74, 6) is 1.67. The molecule has 0 radical (unpaired) electrons. The number of piperazine rings is 1. The van der Waals surface area contributed by atoms with Gasteiger partial charge in [-0.2, -0.15) is 9.97 Å². The molecule has 2 bridgehead atoms. The molecule has 12 heteroatoms. The summed E-state index contributed by atoms with van der Waals surface area (Å²) < 4.78 is 23.6. The molecule has 3 aromatic rings. The van der Waals surface area contributed by atoms with Crippen LogP contribution < -0.4 is 19.3 Å². The minimum absolute atomic E-state index is 0.0754. The Morgan fingerprint density at radius 1 is 1.00 bits per heavy atom. The van der Waals surface area contributed by atoms with Crippen molar-refractivity contribution in [3.05, 3.63) is 46.6 Å². The summed E-state index contributed by atoms with van der Waals surface area (Å²) in [6, 6.07) is 10.6. The zero-order chi connectivity index (χ0) is 34.6. The van der Waals surface area contributed by atoms with Gasteiger partial charge in [0.25, 0.3) is 0 Å². The molecule has 0 unspecified atom stereocenters. The van der Waals surface area contributed by atoms with E-state index in [9.17, 15) is 4.79 Å². The van der Waals surface area contributed by atoms with Crippen LogP contribution in [-0.4, -0.2) is 102 Å². The van der Waals surface area contributed by atoms with Crippen molar-refractivity contribution in [1.82, 2.24) is 19.8 Å². The topological polar surface area (TPSA) is 92.7 Å². The van der Waals surface area contributed by atoms with Gasteiger partial charge in [0.1, 0.15) is 23.8 Å². The van der Waals surface area contributed by atoms with Crippen molar-refractivity contribution < 1.29 is 23.7 Å². The molecule has 4 saturated heterocycles. The second-order valence-electron chi connectivity index (χ2n) is 15.6. The number of hydrogen-bond acceptors (Lipinski definition) is 10. The normalized spacial score (nSPS) is 22.9. The van der Waals surface area contributed by atoms with Gasteiger partial charge in [0, 0.05) is 43.8 Å². The maximum absolute atomic E-state index is 13.3. The molecule has 0 aliphatic carbocycles. The number of amides is 1. The van der Waals surface area contributed by atoms with Gasteiger partial charge in [-0.3, -0.25) is 9.80 Å². The van der Waals surface area contributed by atoms with Gasteiger partial charge >= 0.3 is 12.1 Å². The van der Waals surface area contributed by atoms with Crippen LogP contribution in [-0.2, 0) is 22.4 Å². The highest BCUT2D eigenvalue weighted by Crippen LogP contribution is 2.42. The van der Waals surface area contributed by atoms with Gasteiger partial charge < -0.3 is 28.7 Å². The maximum Gasteiger partial charge on any atom is 0.410 e. The summed E-state index contributed by atoms with van der Waals surface area (Å²) in [7, 11) is 1.62. The van der Waals surface area contributed by atoms with Gasteiger partial charge in [-0.05, 0) is 96.3 Å². The lowest BCUT2D eigenvalue weighted by Crippen LogP contribution is -2.57. The number of carbonyl (C=O) groups excluding carboxylic acids is 1. The van der Waals surface area contributed by atoms with Crippen molar-refractivity contribution in [2.45, 2.75) is 95.5 Å². The van der Waals surface area contributed by atoms with Gasteiger partial charge in [0.15, 0.2) is 6.79 Å². The van der Waals surface area contributed by atoms with Crippen LogP contribution in [0, 0.1) is 0 Å². The van der Waals surface area contributed by atoms with E-state index in [0.29, 0.717) is 37.3 Å². The number of nitrogens with zero attached hydrogens (tertiary/aromatic N) is 6. The molecule has 5 aliphatic heterocycles. The average molecular weight is 705 g/mol. The molecule has 4 fully saturated rings. The molecule has 8 rings (SSSR count). The van der Waals surface area contributed by atoms with Crippen LogP contribution in [0.5, 0.6) is 11.8 Å². The Morgan fingerprint density at radius 3 is 2.48 bits per heavy atom. The zero-order valence-electron chi connectivity index (χ0n) is 29.8. The first-order valence-electron chi connectivity index (χ1n) is 18.2. The Labute approximate surface area is 299 Å². The van der Waals surface area contributed by atoms with Crippen LogP contribution in [0.25, 0.3) is 10.8 Å². The van der Waals surface area contributed by atoms with E-state index < -0.39 is 5.60 Å². The molecule has 2 atom stereocenters. The van der Waals surface area contributed by atoms with Crippen LogP contribution >= 0.6 is 11.6 Å². The third-order valence-electron chi connectivity index (χ3n) is 11.3. The standard InChI is InChI=1S/C38H49ClN6O5/c1-37(2,3)50-36(46)45-26-10-11-27(45)21-43(20-26)34-29-12-17-42(32-19-28(49-24-47-4)18-25-8-5-9-30(39)33(25)32)22-31(29)40-35(41-34)48-23-38-13-6-15-44(38)16-7-14-38/h5,8-9,18-19,26-27H,6-7,10-17,20-24H2,1-4H3/t26-,27+. The summed E-state index contributed by atoms with van der Waals surface area (Å²) >= 11 is 6.85. The molecule has 5 aliphatic rings. The van der Waals surface area contributed by atoms with E-state index in [4.69, 9.17) is 40.5 Å². The summed E-state index contributed by atoms with van der Waals surface area (Å²) in [4.78, 5) is 32.9. The first kappa shape index (κ1) is 33.6. The molecule has 1 aromatic heterocycles. The summed E-state index contributed by atoms with van der Waals surface area (Å²) in [6.07, 6.45) is 7.20. The molecule has 0 spiro atoms. The number of methoxy groups -OCH3 is 1. The second kappa shape index (κ2) is 13.2. The molecule has 268 valence electrons. The fourth-order valence-electron chi connectivity index (χ4n) is 9.06. The minimum Gasteiger partial charge on any atom is -0.467 e. The third kappa shape index (κ3) is 6.30. The fraction of sp³-hybridized carbons (Fsp3) is 0.605. The number of anilines is 2. The monoisotopic (exact) mass is 704 g/mol. The van der Waals surface area contributed by atoms with Crippen LogP contribution in [0.15, 0.2) is 30.3 Å². The quantitative estimate of drug-likeness (QED) is 0.245. The highest BCUT2D eigenvalue weighted by Gasteiger charge is 2.47. The first-order valence-corrected chi connectivity index (χ1v) is 18.6. The average Bonchev–Trinajstić information content (AvgIpc) is 3.75. The fourth-order valence-corrected chi connectivity index (χ4v) is 9.34. The molecule has 0 N–H and O–H groups in total. The molecule has 0 saturated carbocycles. The number of carbonyl (C=O) groups is 1. The summed E-state index contributed by atoms with van der Waals surface area (Å²) in [5.41, 5.74) is 2.68. The Hall–Kier alpha value is -3.54. The number of benzene rings is 2. The van der Waals surface area contributed by atoms with Crippen LogP contribution in [0.1, 0.15) is 70.6 Å². The maximum atomic E-state index is 13.3. The van der Waals surface area contributed by atoms with E-state index in [-0.39, 0.29) is 30.5 Å². The molecular formula is C38H49ClN6O5. The highest BCUT2D eigenvalue weighted by atomic mass is 35.5. The van der Waals surface area contributed by atoms with E-state index in [0.717, 1.165) is 91.0 Å². The number of hydrogen-bond donors (Lipinski definition) is 0. The smallest absolute Gasteiger partial charge is 0.410 e. The molecule has 6 heterocycles. The zero-order valence-corrected chi connectivity index (χ0v) is 30.5. The van der Waals surface area contributed by atoms with E-state index in [1.165, 1.54) is 12.8 Å². The third-order valence-corrected chi connectivity index (χ3v) is 11.6. The van der Waals surface area contributed by atoms with E-state index in [2.05, 4.69) is 26.8 Å². The number of halogens is 1. The SMILES string of the molecule is COCOc1cc(N2CCc3c(nc(OCC45CCCN4CCC5)nc3N3C[C@H]4CC[C@@H](C3)N4C(=O)OC(C)(C)C)C2)c2c(Cl)cccc2c1. The van der Waals surface area contributed by atoms with Crippen LogP contribution in [0.2, 0.25) is 5.02 Å². The van der Waals surface area contributed by atoms with Gasteiger partial charge in [-0.25, -0.2) is 4.79 Å². The summed E-state index contributed by atoms with van der Waals surface area (Å²) in [5, 5.41) is 2.70. The van der Waals surface area contributed by atoms with Crippen molar-refractivity contribution in [3.8, 4) is 11.8 Å². The first-order chi connectivity index (χ1) is 24.1. The van der Waals surface area contributed by atoms with E-state index >= 15 is 0 Å². The lowest BCUT2D eigenvalue weighted by atomic mass is 9.95. The summed E-state index contributed by atoms with van der Waals surface area (Å²) in [6.45, 7) is 11.6. The minimum atomic E-state index is -0.532. The molecule has 50 heavy (non-hydrogen) atoms. The van der Waals surface area contributed by atoms with Gasteiger partial charge in [-0.1, -0.05) is 23.7 Å². The van der Waals surface area contributed by atoms with Crippen molar-refractivity contribution in [1.29, 1.82) is 0 Å². The van der Waals surface area contributed by atoms with Crippen LogP contribution in [0.3, 0.4) is 0 Å². The Morgan fingerprint density at radius 2 is 1.76 bits per heavy atom. The van der Waals surface area contributed by atoms with E-state index in [1.54, 1.807) is 7.11 Å². The van der Waals surface area contributed by atoms with Crippen molar-refractivity contribution >= 4 is 40.0 Å². The van der Waals surface area contributed by atoms with Crippen LogP contribution in [0.4, 0.5) is 16.3 Å². The second-order valence-corrected chi connectivity index (χ2v) is 16.0. The Kier molecular flexibility index (Phi) is 8.88. The number of ether oxygens (including phenoxy) is 4. The highest BCUT2D eigenvalue weighted by molar-refractivity contribution is 6.36. The molecule has 11 nitrogen and oxygen atoms in total. The van der Waals surface area contributed by atoms with Crippen molar-refractivity contribution in [2.75, 3.05) is 63.0 Å². The molecule has 2 aromatic carbocycles. The predicted molar refractivity (Wildman–Crippen MR) is 194 cm³/mol. The van der Waals surface area contributed by atoms with Crippen molar-refractivity contribution in [3.63, 3.8) is 0 Å². The lowest BCUT2D eigenvalue weighted by molar-refractivity contribution is 0.0122. The molecular weight excluding hydrogens is 656 g/mol. The molecule has 1 amide bonds. The number of rotatable bonds is 8. The largest absolute Gasteiger partial charge is 0.467 e. The van der Waals surface area contributed by atoms with Gasteiger partial charge in [0.05, 0.1) is 40.6 Å². The van der Waals surface area contributed by atoms with Gasteiger partial charge in [0.2, 0.25) is 0 Å². The number of fused-ring (bicyclic) bond motifs is 5. The van der Waals surface area contributed by atoms with Gasteiger partial charge in [-0.15, -0.1) is 0 Å². The lowest BCUT2D eigenvalue weighted by Gasteiger charge is -2.43. The van der Waals surface area contributed by atoms with Crippen molar-refractivity contribution in [2.24, 2.45) is 0 Å². The number of aromatic nitrogens is 2.